The minimum Gasteiger partial charge on any atom is -0.488 e. The van der Waals surface area contributed by atoms with E-state index in [1.54, 1.807) is 32.1 Å². The molecule has 39 heavy (non-hydrogen) atoms. The maximum atomic E-state index is 14.0. The monoisotopic (exact) mass is 540 g/mol. The zero-order valence-electron chi connectivity index (χ0n) is 21.9. The van der Waals surface area contributed by atoms with Crippen molar-refractivity contribution in [1.82, 2.24) is 10.1 Å². The number of ether oxygens (including phenoxy) is 1. The lowest BCUT2D eigenvalue weighted by Crippen LogP contribution is -2.44. The number of benzene rings is 2. The molecule has 2 aromatic heterocycles. The first-order chi connectivity index (χ1) is 18.8. The van der Waals surface area contributed by atoms with Crippen molar-refractivity contribution < 1.29 is 17.7 Å². The largest absolute Gasteiger partial charge is 0.488 e. The number of aromatic nitrogens is 2. The van der Waals surface area contributed by atoms with Crippen LogP contribution in [0.15, 0.2) is 82.9 Å². The Bertz CT molecular complexity index is 1750. The minimum absolute atomic E-state index is 0.0669. The van der Waals surface area contributed by atoms with Crippen molar-refractivity contribution in [2.45, 2.75) is 38.4 Å². The summed E-state index contributed by atoms with van der Waals surface area (Å²) in [5.74, 6) is 1.22. The molecule has 4 aromatic rings. The van der Waals surface area contributed by atoms with Crippen molar-refractivity contribution in [3.63, 3.8) is 0 Å². The van der Waals surface area contributed by atoms with E-state index < -0.39 is 14.8 Å². The number of rotatable bonds is 8. The fourth-order valence-corrected chi connectivity index (χ4v) is 6.24. The number of pyridine rings is 1. The molecule has 0 bridgehead atoms. The number of hydrogen-bond acceptors (Lipinski definition) is 7. The first-order valence-electron chi connectivity index (χ1n) is 12.6. The summed E-state index contributed by atoms with van der Waals surface area (Å²) >= 11 is 0. The van der Waals surface area contributed by atoms with Crippen LogP contribution in [-0.4, -0.2) is 29.9 Å². The topological polar surface area (TPSA) is 118 Å². The molecule has 2 aromatic carbocycles. The van der Waals surface area contributed by atoms with E-state index in [4.69, 9.17) is 9.26 Å². The minimum atomic E-state index is -4.32. The third-order valence-corrected chi connectivity index (χ3v) is 8.85. The molecular formula is C30H28N4O4S. The van der Waals surface area contributed by atoms with Gasteiger partial charge in [0.15, 0.2) is 5.82 Å². The molecule has 0 spiro atoms. The molecule has 1 aliphatic carbocycles. The van der Waals surface area contributed by atoms with Crippen LogP contribution in [0.5, 0.6) is 5.75 Å². The number of hydrogen-bond donors (Lipinski definition) is 1. The Morgan fingerprint density at radius 1 is 1.10 bits per heavy atom. The van der Waals surface area contributed by atoms with Crippen LogP contribution in [0.4, 0.5) is 5.82 Å². The van der Waals surface area contributed by atoms with E-state index in [2.05, 4.69) is 20.9 Å². The van der Waals surface area contributed by atoms with Gasteiger partial charge in [0.25, 0.3) is 10.0 Å². The maximum absolute atomic E-state index is 14.0. The van der Waals surface area contributed by atoms with E-state index in [0.29, 0.717) is 33.8 Å². The summed E-state index contributed by atoms with van der Waals surface area (Å²) in [6, 6.07) is 20.8. The molecular weight excluding hydrogens is 512 g/mol. The smallest absolute Gasteiger partial charge is 0.257 e. The number of fused-ring (bicyclic) bond motifs is 1. The summed E-state index contributed by atoms with van der Waals surface area (Å²) in [5.41, 5.74) is 3.96. The summed E-state index contributed by atoms with van der Waals surface area (Å²) in [5, 5.41) is 15.3. The molecule has 8 nitrogen and oxygen atoms in total. The van der Waals surface area contributed by atoms with E-state index in [0.717, 1.165) is 23.0 Å². The third kappa shape index (κ3) is 4.79. The van der Waals surface area contributed by atoms with Crippen LogP contribution >= 0.6 is 0 Å². The number of anilines is 1. The summed E-state index contributed by atoms with van der Waals surface area (Å²) in [7, 11) is -4.32. The average Bonchev–Trinajstić information content (AvgIpc) is 3.27. The van der Waals surface area contributed by atoms with Crippen LogP contribution in [0.2, 0.25) is 0 Å². The number of sulfonamides is 1. The number of aryl methyl sites for hydroxylation is 2. The van der Waals surface area contributed by atoms with Crippen molar-refractivity contribution in [2.24, 2.45) is 0 Å². The van der Waals surface area contributed by atoms with Gasteiger partial charge in [0.2, 0.25) is 4.75 Å². The molecule has 0 saturated heterocycles. The van der Waals surface area contributed by atoms with Crippen LogP contribution in [0.25, 0.3) is 16.5 Å². The van der Waals surface area contributed by atoms with E-state index >= 15 is 0 Å². The first-order valence-corrected chi connectivity index (χ1v) is 14.1. The molecule has 0 fully saturated rings. The van der Waals surface area contributed by atoms with Crippen LogP contribution < -0.4 is 9.46 Å². The van der Waals surface area contributed by atoms with Gasteiger partial charge in [-0.1, -0.05) is 66.7 Å². The third-order valence-electron chi connectivity index (χ3n) is 7.02. The molecule has 0 aliphatic heterocycles. The van der Waals surface area contributed by atoms with Crippen molar-refractivity contribution in [2.75, 3.05) is 11.3 Å². The number of nitrogens with zero attached hydrogens (tertiary/aromatic N) is 3. The highest BCUT2D eigenvalue weighted by Crippen LogP contribution is 2.43. The van der Waals surface area contributed by atoms with Crippen LogP contribution in [0.3, 0.4) is 0 Å². The molecule has 1 unspecified atom stereocenters. The lowest BCUT2D eigenvalue weighted by atomic mass is 9.83. The second-order valence-corrected chi connectivity index (χ2v) is 11.4. The van der Waals surface area contributed by atoms with Crippen LogP contribution in [0.1, 0.15) is 35.9 Å². The second-order valence-electron chi connectivity index (χ2n) is 9.48. The van der Waals surface area contributed by atoms with Crippen molar-refractivity contribution in [1.29, 1.82) is 5.26 Å². The van der Waals surface area contributed by atoms with Gasteiger partial charge in [-0.15, -0.1) is 0 Å². The van der Waals surface area contributed by atoms with Gasteiger partial charge < -0.3 is 9.26 Å². The molecule has 9 heteroatoms. The van der Waals surface area contributed by atoms with Crippen molar-refractivity contribution in [3.05, 3.63) is 101 Å². The lowest BCUT2D eigenvalue weighted by molar-refractivity contribution is 0.349. The van der Waals surface area contributed by atoms with Gasteiger partial charge in [-0.3, -0.25) is 9.71 Å². The lowest BCUT2D eigenvalue weighted by Gasteiger charge is -2.33. The first kappa shape index (κ1) is 26.2. The van der Waals surface area contributed by atoms with Gasteiger partial charge in [0.05, 0.1) is 11.6 Å². The van der Waals surface area contributed by atoms with Crippen LogP contribution in [0, 0.1) is 25.2 Å². The number of nitrogens with one attached hydrogen (secondary N) is 1. The molecule has 1 atom stereocenters. The summed E-state index contributed by atoms with van der Waals surface area (Å²) in [4.78, 5) is 4.66. The van der Waals surface area contributed by atoms with Gasteiger partial charge in [0, 0.05) is 29.1 Å². The Morgan fingerprint density at radius 2 is 1.85 bits per heavy atom. The molecule has 0 saturated carbocycles. The Balaban J connectivity index is 1.53. The van der Waals surface area contributed by atoms with Gasteiger partial charge in [0.1, 0.15) is 18.1 Å². The highest BCUT2D eigenvalue weighted by Gasteiger charge is 2.50. The van der Waals surface area contributed by atoms with E-state index in [1.165, 1.54) is 0 Å². The molecule has 2 heterocycles. The molecule has 0 radical (unpaired) electrons. The van der Waals surface area contributed by atoms with Crippen molar-refractivity contribution >= 4 is 32.3 Å². The predicted molar refractivity (Wildman–Crippen MR) is 151 cm³/mol. The fourth-order valence-electron chi connectivity index (χ4n) is 4.65. The number of allylic oxidation sites excluding steroid dienone is 2. The summed E-state index contributed by atoms with van der Waals surface area (Å²) in [6.45, 7) is 5.54. The van der Waals surface area contributed by atoms with Gasteiger partial charge in [-0.25, -0.2) is 8.42 Å². The van der Waals surface area contributed by atoms with E-state index in [9.17, 15) is 13.7 Å². The van der Waals surface area contributed by atoms with Gasteiger partial charge in [-0.2, -0.15) is 5.26 Å². The highest BCUT2D eigenvalue weighted by molar-refractivity contribution is 7.94. The Kier molecular flexibility index (Phi) is 6.98. The second kappa shape index (κ2) is 10.4. The zero-order valence-corrected chi connectivity index (χ0v) is 22.7. The Labute approximate surface area is 227 Å². The zero-order chi connectivity index (χ0) is 27.6. The average molecular weight is 541 g/mol. The quantitative estimate of drug-likeness (QED) is 0.296. The molecule has 0 amide bonds. The SMILES string of the molecule is CCc1cc(OCC2=CC=C(c3ccccc3)C(C#N)(S(=O)(=O)Nc3noc(C)c3C)C2)c2ccccc2n1. The van der Waals surface area contributed by atoms with Gasteiger partial charge >= 0.3 is 0 Å². The summed E-state index contributed by atoms with van der Waals surface area (Å²) in [6.07, 6.45) is 4.20. The fraction of sp³-hybridized carbons (Fsp3) is 0.233. The van der Waals surface area contributed by atoms with Gasteiger partial charge in [-0.05, 0) is 49.1 Å². The van der Waals surface area contributed by atoms with E-state index in [1.807, 2.05) is 61.5 Å². The molecule has 5 rings (SSSR count). The number of nitriles is 1. The molecule has 1 aliphatic rings. The Morgan fingerprint density at radius 3 is 2.54 bits per heavy atom. The van der Waals surface area contributed by atoms with Crippen LogP contribution in [-0.2, 0) is 16.4 Å². The van der Waals surface area contributed by atoms with Crippen molar-refractivity contribution in [3.8, 4) is 11.8 Å². The summed E-state index contributed by atoms with van der Waals surface area (Å²) < 4.78 is 40.0. The standard InChI is InChI=1S/C30H28N4O4S/c1-4-24-16-28(25-12-8-9-13-27(25)32-24)37-18-22-14-15-26(23-10-6-5-7-11-23)30(17-22,19-31)39(35,36)34-29-20(2)21(3)38-33-29/h5-16H,4,17-18H2,1-3H3,(H,33,34). The van der Waals surface area contributed by atoms with E-state index in [-0.39, 0.29) is 18.8 Å². The highest BCUT2D eigenvalue weighted by atomic mass is 32.2. The predicted octanol–water partition coefficient (Wildman–Crippen LogP) is 5.90. The Hall–Kier alpha value is -4.42. The normalized spacial score (nSPS) is 17.3. The molecule has 1 N–H and O–H groups in total. The maximum Gasteiger partial charge on any atom is 0.257 e. The number of para-hydroxylation sites is 1. The molecule has 198 valence electrons.